The molecule has 28 heavy (non-hydrogen) atoms. The van der Waals surface area contributed by atoms with Crippen LogP contribution in [0.3, 0.4) is 0 Å². The van der Waals surface area contributed by atoms with Crippen LogP contribution in [0.1, 0.15) is 30.1 Å². The summed E-state index contributed by atoms with van der Waals surface area (Å²) in [6.07, 6.45) is 2.42. The molecule has 1 amide bonds. The van der Waals surface area contributed by atoms with Crippen molar-refractivity contribution in [2.45, 2.75) is 32.0 Å². The second-order valence-electron chi connectivity index (χ2n) is 6.88. The van der Waals surface area contributed by atoms with E-state index in [4.69, 9.17) is 21.1 Å². The highest BCUT2D eigenvalue weighted by Crippen LogP contribution is 2.21. The zero-order valence-corrected chi connectivity index (χ0v) is 17.1. The minimum Gasteiger partial charge on any atom is -0.375 e. The summed E-state index contributed by atoms with van der Waals surface area (Å²) >= 11 is 6.07. The third-order valence-corrected chi connectivity index (χ3v) is 5.21. The van der Waals surface area contributed by atoms with Gasteiger partial charge in [0.15, 0.2) is 5.96 Å². The molecule has 1 aromatic carbocycles. The number of nitrogens with zero attached hydrogens (tertiary/aromatic N) is 2. The lowest BCUT2D eigenvalue weighted by Gasteiger charge is -2.37. The van der Waals surface area contributed by atoms with Gasteiger partial charge >= 0.3 is 0 Å². The second kappa shape index (κ2) is 10.6. The summed E-state index contributed by atoms with van der Waals surface area (Å²) in [5.74, 6) is 0.663. The monoisotopic (exact) mass is 408 g/mol. The summed E-state index contributed by atoms with van der Waals surface area (Å²) in [4.78, 5) is 19.1. The van der Waals surface area contributed by atoms with Gasteiger partial charge in [-0.3, -0.25) is 9.79 Å². The molecular formula is C20H29ClN4O3. The number of hydrogen-bond donors (Lipinski definition) is 2. The quantitative estimate of drug-likeness (QED) is 0.427. The second-order valence-corrected chi connectivity index (χ2v) is 7.29. The van der Waals surface area contributed by atoms with Crippen LogP contribution in [0.2, 0.25) is 5.02 Å². The van der Waals surface area contributed by atoms with Crippen molar-refractivity contribution in [2.75, 3.05) is 45.9 Å². The Hall–Kier alpha value is -1.83. The molecule has 2 N–H and O–H groups in total. The van der Waals surface area contributed by atoms with Crippen molar-refractivity contribution >= 4 is 23.5 Å². The lowest BCUT2D eigenvalue weighted by Crippen LogP contribution is -2.53. The van der Waals surface area contributed by atoms with Crippen molar-refractivity contribution in [3.8, 4) is 0 Å². The number of nitrogens with one attached hydrogen (secondary N) is 2. The summed E-state index contributed by atoms with van der Waals surface area (Å²) < 4.78 is 11.7. The number of morpholine rings is 1. The van der Waals surface area contributed by atoms with Crippen LogP contribution in [0.25, 0.3) is 0 Å². The number of hydrogen-bond acceptors (Lipinski definition) is 4. The average Bonchev–Trinajstić information content (AvgIpc) is 3.25. The molecule has 2 saturated heterocycles. The van der Waals surface area contributed by atoms with E-state index >= 15 is 0 Å². The Balaban J connectivity index is 1.52. The van der Waals surface area contributed by atoms with Crippen LogP contribution in [-0.2, 0) is 9.47 Å². The Morgan fingerprint density at radius 3 is 2.82 bits per heavy atom. The van der Waals surface area contributed by atoms with E-state index in [9.17, 15) is 4.79 Å². The van der Waals surface area contributed by atoms with Crippen LogP contribution in [0, 0.1) is 0 Å². The van der Waals surface area contributed by atoms with Crippen molar-refractivity contribution in [2.24, 2.45) is 4.99 Å². The highest BCUT2D eigenvalue weighted by atomic mass is 35.5. The Morgan fingerprint density at radius 1 is 1.25 bits per heavy atom. The lowest BCUT2D eigenvalue weighted by molar-refractivity contribution is -0.0817. The van der Waals surface area contributed by atoms with Gasteiger partial charge < -0.3 is 25.0 Å². The van der Waals surface area contributed by atoms with E-state index in [0.29, 0.717) is 30.3 Å². The highest BCUT2D eigenvalue weighted by molar-refractivity contribution is 6.33. The number of ether oxygens (including phenoxy) is 2. The Morgan fingerprint density at radius 2 is 2.07 bits per heavy atom. The average molecular weight is 409 g/mol. The Bertz CT molecular complexity index is 679. The molecule has 2 fully saturated rings. The Labute approximate surface area is 171 Å². The standard InChI is InChI=1S/C20H29ClN4O3/c1-2-22-20(25-11-13-28-18(14-25)17-8-5-12-27-17)24-10-9-23-19(26)15-6-3-4-7-16(15)21/h3-4,6-7,17-18H,2,5,8-14H2,1H3,(H,22,24)(H,23,26). The molecule has 3 rings (SSSR count). The number of amides is 1. The number of benzene rings is 1. The summed E-state index contributed by atoms with van der Waals surface area (Å²) in [5.41, 5.74) is 0.479. The van der Waals surface area contributed by atoms with Crippen molar-refractivity contribution in [1.29, 1.82) is 0 Å². The summed E-state index contributed by atoms with van der Waals surface area (Å²) in [6.45, 7) is 6.81. The molecule has 0 aromatic heterocycles. The fraction of sp³-hybridized carbons (Fsp3) is 0.600. The van der Waals surface area contributed by atoms with Gasteiger partial charge in [0.25, 0.3) is 5.91 Å². The zero-order chi connectivity index (χ0) is 19.8. The van der Waals surface area contributed by atoms with Crippen LogP contribution in [-0.4, -0.2) is 74.9 Å². The number of guanidine groups is 1. The molecule has 2 atom stereocenters. The molecule has 0 bridgehead atoms. The summed E-state index contributed by atoms with van der Waals surface area (Å²) in [6, 6.07) is 7.02. The number of rotatable bonds is 6. The van der Waals surface area contributed by atoms with E-state index in [1.165, 1.54) is 0 Å². The maximum Gasteiger partial charge on any atom is 0.252 e. The fourth-order valence-corrected chi connectivity index (χ4v) is 3.71. The van der Waals surface area contributed by atoms with Crippen LogP contribution < -0.4 is 10.6 Å². The van der Waals surface area contributed by atoms with Gasteiger partial charge in [0.05, 0.1) is 29.8 Å². The van der Waals surface area contributed by atoms with Gasteiger partial charge in [-0.25, -0.2) is 0 Å². The molecule has 2 unspecified atom stereocenters. The van der Waals surface area contributed by atoms with Gasteiger partial charge in [0.1, 0.15) is 6.10 Å². The molecule has 2 aliphatic heterocycles. The van der Waals surface area contributed by atoms with Crippen molar-refractivity contribution in [3.05, 3.63) is 34.9 Å². The molecule has 154 valence electrons. The minimum atomic E-state index is -0.185. The Kier molecular flexibility index (Phi) is 7.94. The third-order valence-electron chi connectivity index (χ3n) is 4.88. The molecule has 0 spiro atoms. The zero-order valence-electron chi connectivity index (χ0n) is 16.3. The van der Waals surface area contributed by atoms with E-state index in [0.717, 1.165) is 45.0 Å². The molecule has 7 nitrogen and oxygen atoms in total. The van der Waals surface area contributed by atoms with E-state index < -0.39 is 0 Å². The topological polar surface area (TPSA) is 75.2 Å². The van der Waals surface area contributed by atoms with E-state index in [-0.39, 0.29) is 18.1 Å². The van der Waals surface area contributed by atoms with Crippen LogP contribution in [0.5, 0.6) is 0 Å². The molecule has 0 radical (unpaired) electrons. The van der Waals surface area contributed by atoms with Gasteiger partial charge in [0, 0.05) is 32.8 Å². The fourth-order valence-electron chi connectivity index (χ4n) is 3.49. The van der Waals surface area contributed by atoms with E-state index in [1.807, 2.05) is 6.92 Å². The molecule has 0 saturated carbocycles. The van der Waals surface area contributed by atoms with Crippen molar-refractivity contribution < 1.29 is 14.3 Å². The van der Waals surface area contributed by atoms with Crippen LogP contribution in [0.4, 0.5) is 0 Å². The first-order valence-electron chi connectivity index (χ1n) is 9.98. The van der Waals surface area contributed by atoms with Crippen LogP contribution >= 0.6 is 11.6 Å². The number of carbonyl (C=O) groups is 1. The number of carbonyl (C=O) groups excluding carboxylic acids is 1. The maximum atomic E-state index is 12.2. The highest BCUT2D eigenvalue weighted by Gasteiger charge is 2.32. The molecule has 8 heteroatoms. The van der Waals surface area contributed by atoms with Gasteiger partial charge in [0.2, 0.25) is 0 Å². The number of halogens is 1. The van der Waals surface area contributed by atoms with Gasteiger partial charge in [-0.1, -0.05) is 23.7 Å². The smallest absolute Gasteiger partial charge is 0.252 e. The lowest BCUT2D eigenvalue weighted by atomic mass is 10.1. The van der Waals surface area contributed by atoms with Crippen molar-refractivity contribution in [3.63, 3.8) is 0 Å². The van der Waals surface area contributed by atoms with Crippen LogP contribution in [0.15, 0.2) is 29.3 Å². The van der Waals surface area contributed by atoms with Gasteiger partial charge in [-0.15, -0.1) is 0 Å². The molecule has 2 heterocycles. The largest absolute Gasteiger partial charge is 0.375 e. The normalized spacial score (nSPS) is 22.9. The third kappa shape index (κ3) is 5.59. The first kappa shape index (κ1) is 20.9. The molecular weight excluding hydrogens is 380 g/mol. The first-order valence-corrected chi connectivity index (χ1v) is 10.4. The predicted molar refractivity (Wildman–Crippen MR) is 110 cm³/mol. The maximum absolute atomic E-state index is 12.2. The van der Waals surface area contributed by atoms with E-state index in [2.05, 4.69) is 20.5 Å². The summed E-state index contributed by atoms with van der Waals surface area (Å²) in [5, 5.41) is 6.66. The SMILES string of the molecule is CCNC(=NCCNC(=O)c1ccccc1Cl)N1CCOC(C2CCCO2)C1. The van der Waals surface area contributed by atoms with Crippen molar-refractivity contribution in [1.82, 2.24) is 15.5 Å². The first-order chi connectivity index (χ1) is 13.7. The van der Waals surface area contributed by atoms with E-state index in [1.54, 1.807) is 24.3 Å². The molecule has 0 aliphatic carbocycles. The predicted octanol–water partition coefficient (Wildman–Crippen LogP) is 1.92. The van der Waals surface area contributed by atoms with Gasteiger partial charge in [-0.2, -0.15) is 0 Å². The summed E-state index contributed by atoms with van der Waals surface area (Å²) in [7, 11) is 0. The number of aliphatic imine (C=N–C) groups is 1. The van der Waals surface area contributed by atoms with Gasteiger partial charge in [-0.05, 0) is 31.9 Å². The minimum absolute atomic E-state index is 0.0834. The molecule has 1 aromatic rings. The molecule has 2 aliphatic rings.